The molecule has 0 amide bonds. The summed E-state index contributed by atoms with van der Waals surface area (Å²) in [5, 5.41) is 8.43. The monoisotopic (exact) mass is 378 g/mol. The Morgan fingerprint density at radius 3 is 2.45 bits per heavy atom. The van der Waals surface area contributed by atoms with Gasteiger partial charge in [0.1, 0.15) is 0 Å². The molecule has 1 heterocycles. The van der Waals surface area contributed by atoms with Gasteiger partial charge in [-0.25, -0.2) is 0 Å². The van der Waals surface area contributed by atoms with Crippen LogP contribution in [-0.2, 0) is 21.7 Å². The van der Waals surface area contributed by atoms with E-state index in [1.165, 1.54) is 24.9 Å². The van der Waals surface area contributed by atoms with Crippen molar-refractivity contribution in [3.05, 3.63) is 41.2 Å². The number of hydrogen-bond acceptors (Lipinski definition) is 2. The normalized spacial score (nSPS) is 21.0. The number of halogens is 2. The molecule has 3 nitrogen and oxygen atoms in total. The van der Waals surface area contributed by atoms with Gasteiger partial charge in [0.2, 0.25) is 0 Å². The zero-order valence-corrected chi connectivity index (χ0v) is 16.3. The largest absolute Gasteiger partial charge is 3.00 e. The van der Waals surface area contributed by atoms with Gasteiger partial charge in [0, 0.05) is 0 Å². The molecule has 0 aromatic heterocycles. The SMILES string of the molecule is CN1CCC[N-]C(c2ccccc2)CCNCCC1.[Cl-].[Cl-].[Ti+3]. The average Bonchev–Trinajstić information content (AvgIpc) is 2.44. The Kier molecular flexibility index (Phi) is 16.8. The molecule has 1 saturated heterocycles. The van der Waals surface area contributed by atoms with Crippen molar-refractivity contribution in [1.82, 2.24) is 10.2 Å². The zero-order chi connectivity index (χ0) is 13.3. The number of nitrogens with one attached hydrogen (secondary N) is 1. The molecule has 22 heavy (non-hydrogen) atoms. The van der Waals surface area contributed by atoms with Gasteiger partial charge in [-0.2, -0.15) is 0 Å². The maximum Gasteiger partial charge on any atom is 3.00 e. The molecule has 0 bridgehead atoms. The van der Waals surface area contributed by atoms with Crippen LogP contribution in [0.1, 0.15) is 30.9 Å². The Morgan fingerprint density at radius 1 is 1.05 bits per heavy atom. The predicted molar refractivity (Wildman–Crippen MR) is 81.6 cm³/mol. The van der Waals surface area contributed by atoms with Gasteiger partial charge in [-0.05, 0) is 39.6 Å². The second-order valence-corrected chi connectivity index (χ2v) is 5.38. The van der Waals surface area contributed by atoms with E-state index in [-0.39, 0.29) is 46.5 Å². The van der Waals surface area contributed by atoms with Gasteiger partial charge in [-0.3, -0.25) is 0 Å². The summed E-state index contributed by atoms with van der Waals surface area (Å²) in [4.78, 5) is 2.41. The van der Waals surface area contributed by atoms with Crippen LogP contribution in [0.25, 0.3) is 5.32 Å². The number of benzene rings is 1. The van der Waals surface area contributed by atoms with Gasteiger partial charge in [0.15, 0.2) is 0 Å². The molecular weight excluding hydrogens is 353 g/mol. The van der Waals surface area contributed by atoms with Crippen molar-refractivity contribution in [2.75, 3.05) is 39.8 Å². The standard InChI is InChI=1S/C16H26N3.2ClH.Ti/c1-19-13-5-10-17-12-9-16(18-11-6-14-19)15-7-3-2-4-8-15;;;/h2-4,7-8,16-17H,5-6,9-14H2,1H3;2*1H;/q-1;;;+3/p-2. The van der Waals surface area contributed by atoms with E-state index in [0.717, 1.165) is 32.6 Å². The fraction of sp³-hybridized carbons (Fsp3) is 0.625. The van der Waals surface area contributed by atoms with Gasteiger partial charge in [-0.1, -0.05) is 48.7 Å². The van der Waals surface area contributed by atoms with Crippen LogP contribution in [0.4, 0.5) is 0 Å². The first-order valence-electron chi connectivity index (χ1n) is 7.47. The topological polar surface area (TPSA) is 29.4 Å². The van der Waals surface area contributed by atoms with Crippen molar-refractivity contribution in [3.63, 3.8) is 0 Å². The molecule has 6 heteroatoms. The van der Waals surface area contributed by atoms with E-state index < -0.39 is 0 Å². The van der Waals surface area contributed by atoms with Gasteiger partial charge in [0.05, 0.1) is 0 Å². The Hall–Kier alpha value is 0.394. The summed E-state index contributed by atoms with van der Waals surface area (Å²) in [5.74, 6) is 0. The van der Waals surface area contributed by atoms with Crippen LogP contribution in [0.2, 0.25) is 0 Å². The molecule has 0 spiro atoms. The smallest absolute Gasteiger partial charge is 1.00 e. The molecule has 1 aromatic carbocycles. The van der Waals surface area contributed by atoms with Crippen LogP contribution in [-0.4, -0.2) is 44.7 Å². The Labute approximate surface area is 162 Å². The van der Waals surface area contributed by atoms with Crippen LogP contribution in [0.3, 0.4) is 0 Å². The maximum absolute atomic E-state index is 4.90. The summed E-state index contributed by atoms with van der Waals surface area (Å²) < 4.78 is 0. The molecule has 1 aliphatic rings. The van der Waals surface area contributed by atoms with Crippen molar-refractivity contribution in [2.24, 2.45) is 0 Å². The van der Waals surface area contributed by atoms with Gasteiger partial charge in [-0.15, -0.1) is 12.6 Å². The Balaban J connectivity index is 0. The van der Waals surface area contributed by atoms with Gasteiger partial charge < -0.3 is 40.3 Å². The molecule has 123 valence electrons. The van der Waals surface area contributed by atoms with Crippen LogP contribution >= 0.6 is 0 Å². The molecule has 1 radical (unpaired) electrons. The Bertz CT molecular complexity index is 355. The molecular formula is C16H26Cl2N3Ti. The quantitative estimate of drug-likeness (QED) is 0.522. The zero-order valence-electron chi connectivity index (χ0n) is 13.3. The molecule has 1 unspecified atom stereocenters. The molecule has 0 aliphatic carbocycles. The van der Waals surface area contributed by atoms with E-state index in [4.69, 9.17) is 5.32 Å². The summed E-state index contributed by atoms with van der Waals surface area (Å²) in [6.45, 7) is 5.50. The van der Waals surface area contributed by atoms with Crippen molar-refractivity contribution in [1.29, 1.82) is 0 Å². The van der Waals surface area contributed by atoms with E-state index in [0.29, 0.717) is 6.04 Å². The predicted octanol–water partition coefficient (Wildman–Crippen LogP) is -3.19. The summed E-state index contributed by atoms with van der Waals surface area (Å²) in [7, 11) is 2.21. The fourth-order valence-corrected chi connectivity index (χ4v) is 2.58. The fourth-order valence-electron chi connectivity index (χ4n) is 2.58. The van der Waals surface area contributed by atoms with E-state index >= 15 is 0 Å². The van der Waals surface area contributed by atoms with Crippen molar-refractivity contribution >= 4 is 0 Å². The minimum absolute atomic E-state index is 0. The first-order chi connectivity index (χ1) is 9.36. The van der Waals surface area contributed by atoms with E-state index in [2.05, 4.69) is 47.6 Å². The summed E-state index contributed by atoms with van der Waals surface area (Å²) >= 11 is 0. The number of hydrogen-bond donors (Lipinski definition) is 1. The minimum atomic E-state index is 0. The van der Waals surface area contributed by atoms with E-state index in [1.807, 2.05) is 0 Å². The average molecular weight is 379 g/mol. The van der Waals surface area contributed by atoms with Crippen LogP contribution in [0.5, 0.6) is 0 Å². The molecule has 1 aromatic rings. The van der Waals surface area contributed by atoms with Gasteiger partial charge in [0.25, 0.3) is 0 Å². The van der Waals surface area contributed by atoms with Crippen molar-refractivity contribution in [2.45, 2.75) is 25.3 Å². The molecule has 1 aliphatic heterocycles. The molecule has 1 fully saturated rings. The van der Waals surface area contributed by atoms with Crippen LogP contribution in [0, 0.1) is 0 Å². The third kappa shape index (κ3) is 9.51. The maximum atomic E-state index is 4.90. The molecule has 0 saturated carbocycles. The summed E-state index contributed by atoms with van der Waals surface area (Å²) in [5.41, 5.74) is 1.36. The third-order valence-corrected chi connectivity index (χ3v) is 3.72. The minimum Gasteiger partial charge on any atom is -1.00 e. The first-order valence-corrected chi connectivity index (χ1v) is 7.47. The van der Waals surface area contributed by atoms with Crippen molar-refractivity contribution in [3.8, 4) is 0 Å². The van der Waals surface area contributed by atoms with E-state index in [1.54, 1.807) is 0 Å². The second-order valence-electron chi connectivity index (χ2n) is 5.38. The Morgan fingerprint density at radius 2 is 1.73 bits per heavy atom. The van der Waals surface area contributed by atoms with E-state index in [9.17, 15) is 0 Å². The van der Waals surface area contributed by atoms with Gasteiger partial charge >= 0.3 is 21.7 Å². The number of nitrogens with zero attached hydrogens (tertiary/aromatic N) is 2. The first kappa shape index (κ1) is 24.6. The van der Waals surface area contributed by atoms with Crippen LogP contribution in [0.15, 0.2) is 30.3 Å². The summed E-state index contributed by atoms with van der Waals surface area (Å²) in [6, 6.07) is 11.1. The molecule has 1 N–H and O–H groups in total. The summed E-state index contributed by atoms with van der Waals surface area (Å²) in [6.07, 6.45) is 3.52. The third-order valence-electron chi connectivity index (χ3n) is 3.72. The second kappa shape index (κ2) is 15.0. The van der Waals surface area contributed by atoms with Crippen molar-refractivity contribution < 1.29 is 46.5 Å². The molecule has 2 rings (SSSR count). The molecule has 1 atom stereocenters. The number of rotatable bonds is 1. The van der Waals surface area contributed by atoms with Crippen LogP contribution < -0.4 is 30.1 Å².